The predicted molar refractivity (Wildman–Crippen MR) is 66.4 cm³/mol. The van der Waals surface area contributed by atoms with Crippen LogP contribution in [-0.4, -0.2) is 49.6 Å². The van der Waals surface area contributed by atoms with Gasteiger partial charge in [0.15, 0.2) is 0 Å². The van der Waals surface area contributed by atoms with Crippen molar-refractivity contribution >= 4 is 5.91 Å². The highest BCUT2D eigenvalue weighted by Gasteiger charge is 2.12. The van der Waals surface area contributed by atoms with Gasteiger partial charge in [-0.3, -0.25) is 4.79 Å². The summed E-state index contributed by atoms with van der Waals surface area (Å²) < 4.78 is 0. The van der Waals surface area contributed by atoms with E-state index in [9.17, 15) is 4.79 Å². The molecule has 2 N–H and O–H groups in total. The van der Waals surface area contributed by atoms with E-state index in [0.717, 1.165) is 19.6 Å². The summed E-state index contributed by atoms with van der Waals surface area (Å²) in [4.78, 5) is 13.8. The summed E-state index contributed by atoms with van der Waals surface area (Å²) in [5.41, 5.74) is 0. The first-order chi connectivity index (χ1) is 7.68. The van der Waals surface area contributed by atoms with Crippen molar-refractivity contribution in [1.82, 2.24) is 15.5 Å². The molecule has 1 rings (SSSR count). The number of likely N-dealkylation sites (tertiary alicyclic amines) is 1. The topological polar surface area (TPSA) is 44.4 Å². The van der Waals surface area contributed by atoms with Gasteiger partial charge >= 0.3 is 0 Å². The predicted octanol–water partition coefficient (Wildman–Crippen LogP) is 0.587. The van der Waals surface area contributed by atoms with Crippen LogP contribution in [0.5, 0.6) is 0 Å². The van der Waals surface area contributed by atoms with Crippen LogP contribution in [-0.2, 0) is 4.79 Å². The number of amides is 1. The lowest BCUT2D eigenvalue weighted by Crippen LogP contribution is -2.36. The maximum atomic E-state index is 11.5. The standard InChI is InChI=1S/C12H25N3O/c1-11(2)13-6-7-14-12(16)5-10-15-8-3-4-9-15/h11,13H,3-10H2,1-2H3,(H,14,16). The number of rotatable bonds is 7. The van der Waals surface area contributed by atoms with Gasteiger partial charge in [-0.2, -0.15) is 0 Å². The molecule has 0 saturated carbocycles. The minimum absolute atomic E-state index is 0.178. The van der Waals surface area contributed by atoms with Gasteiger partial charge in [0.1, 0.15) is 0 Å². The number of carbonyl (C=O) groups excluding carboxylic acids is 1. The lowest BCUT2D eigenvalue weighted by Gasteiger charge is -2.14. The largest absolute Gasteiger partial charge is 0.355 e. The van der Waals surface area contributed by atoms with E-state index in [-0.39, 0.29) is 5.91 Å². The minimum Gasteiger partial charge on any atom is -0.355 e. The smallest absolute Gasteiger partial charge is 0.221 e. The van der Waals surface area contributed by atoms with Gasteiger partial charge < -0.3 is 15.5 Å². The first-order valence-corrected chi connectivity index (χ1v) is 6.41. The van der Waals surface area contributed by atoms with Crippen molar-refractivity contribution < 1.29 is 4.79 Å². The average molecular weight is 227 g/mol. The molecule has 16 heavy (non-hydrogen) atoms. The van der Waals surface area contributed by atoms with Crippen LogP contribution in [0.1, 0.15) is 33.1 Å². The van der Waals surface area contributed by atoms with Crippen LogP contribution in [0.4, 0.5) is 0 Å². The van der Waals surface area contributed by atoms with Crippen LogP contribution < -0.4 is 10.6 Å². The van der Waals surface area contributed by atoms with Gasteiger partial charge in [0, 0.05) is 32.1 Å². The normalized spacial score (nSPS) is 16.9. The van der Waals surface area contributed by atoms with E-state index in [1.165, 1.54) is 25.9 Å². The zero-order valence-corrected chi connectivity index (χ0v) is 10.6. The van der Waals surface area contributed by atoms with Crippen LogP contribution in [0.3, 0.4) is 0 Å². The Balaban J connectivity index is 1.94. The number of nitrogens with zero attached hydrogens (tertiary/aromatic N) is 1. The summed E-state index contributed by atoms with van der Waals surface area (Å²) in [6, 6.07) is 0.488. The molecule has 0 aromatic heterocycles. The number of carbonyl (C=O) groups is 1. The summed E-state index contributed by atoms with van der Waals surface area (Å²) >= 11 is 0. The fourth-order valence-electron chi connectivity index (χ4n) is 1.92. The Bertz CT molecular complexity index is 200. The van der Waals surface area contributed by atoms with Gasteiger partial charge in [0.05, 0.1) is 0 Å². The Hall–Kier alpha value is -0.610. The van der Waals surface area contributed by atoms with Gasteiger partial charge in [-0.25, -0.2) is 0 Å². The third kappa shape index (κ3) is 6.08. The fraction of sp³-hybridized carbons (Fsp3) is 0.917. The second-order valence-corrected chi connectivity index (χ2v) is 4.76. The quantitative estimate of drug-likeness (QED) is 0.626. The summed E-state index contributed by atoms with van der Waals surface area (Å²) in [6.45, 7) is 9.06. The summed E-state index contributed by atoms with van der Waals surface area (Å²) in [7, 11) is 0. The molecule has 1 heterocycles. The van der Waals surface area contributed by atoms with Gasteiger partial charge in [-0.15, -0.1) is 0 Å². The Morgan fingerprint density at radius 3 is 2.56 bits per heavy atom. The van der Waals surface area contributed by atoms with Gasteiger partial charge in [-0.05, 0) is 25.9 Å². The van der Waals surface area contributed by atoms with Crippen LogP contribution in [0.2, 0.25) is 0 Å². The summed E-state index contributed by atoms with van der Waals surface area (Å²) in [5, 5.41) is 6.21. The molecule has 0 atom stereocenters. The number of hydrogen-bond donors (Lipinski definition) is 2. The van der Waals surface area contributed by atoms with Crippen molar-refractivity contribution in [2.75, 3.05) is 32.7 Å². The molecule has 0 bridgehead atoms. The van der Waals surface area contributed by atoms with Crippen LogP contribution >= 0.6 is 0 Å². The summed E-state index contributed by atoms with van der Waals surface area (Å²) in [5.74, 6) is 0.178. The summed E-state index contributed by atoms with van der Waals surface area (Å²) in [6.07, 6.45) is 3.22. The minimum atomic E-state index is 0.178. The van der Waals surface area contributed by atoms with E-state index >= 15 is 0 Å². The molecular weight excluding hydrogens is 202 g/mol. The lowest BCUT2D eigenvalue weighted by molar-refractivity contribution is -0.121. The molecule has 0 spiro atoms. The molecule has 4 nitrogen and oxygen atoms in total. The van der Waals surface area contributed by atoms with Crippen molar-refractivity contribution in [1.29, 1.82) is 0 Å². The molecule has 1 amide bonds. The third-order valence-corrected chi connectivity index (χ3v) is 2.85. The van der Waals surface area contributed by atoms with Crippen molar-refractivity contribution in [3.63, 3.8) is 0 Å². The molecule has 0 aromatic carbocycles. The Morgan fingerprint density at radius 1 is 1.25 bits per heavy atom. The molecular formula is C12H25N3O. The van der Waals surface area contributed by atoms with Gasteiger partial charge in [0.25, 0.3) is 0 Å². The molecule has 1 saturated heterocycles. The van der Waals surface area contributed by atoms with Crippen LogP contribution in [0.25, 0.3) is 0 Å². The zero-order chi connectivity index (χ0) is 11.8. The second kappa shape index (κ2) is 7.63. The van der Waals surface area contributed by atoms with Crippen LogP contribution in [0.15, 0.2) is 0 Å². The van der Waals surface area contributed by atoms with E-state index in [1.807, 2.05) is 0 Å². The monoisotopic (exact) mass is 227 g/mol. The Kier molecular flexibility index (Phi) is 6.42. The lowest BCUT2D eigenvalue weighted by atomic mass is 10.3. The fourth-order valence-corrected chi connectivity index (χ4v) is 1.92. The molecule has 1 aliphatic heterocycles. The highest BCUT2D eigenvalue weighted by Crippen LogP contribution is 2.06. The van der Waals surface area contributed by atoms with Crippen molar-refractivity contribution in [3.05, 3.63) is 0 Å². The maximum absolute atomic E-state index is 11.5. The molecule has 0 unspecified atom stereocenters. The van der Waals surface area contributed by atoms with Crippen molar-refractivity contribution in [3.8, 4) is 0 Å². The SMILES string of the molecule is CC(C)NCCNC(=O)CCN1CCCC1. The third-order valence-electron chi connectivity index (χ3n) is 2.85. The molecule has 0 aliphatic carbocycles. The molecule has 0 aromatic rings. The molecule has 94 valence electrons. The van der Waals surface area contributed by atoms with E-state index in [2.05, 4.69) is 29.4 Å². The van der Waals surface area contributed by atoms with Gasteiger partial charge in [-0.1, -0.05) is 13.8 Å². The highest BCUT2D eigenvalue weighted by molar-refractivity contribution is 5.76. The second-order valence-electron chi connectivity index (χ2n) is 4.76. The molecule has 0 radical (unpaired) electrons. The van der Waals surface area contributed by atoms with E-state index in [4.69, 9.17) is 0 Å². The first-order valence-electron chi connectivity index (χ1n) is 6.41. The molecule has 1 aliphatic rings. The van der Waals surface area contributed by atoms with Crippen molar-refractivity contribution in [2.24, 2.45) is 0 Å². The molecule has 1 fully saturated rings. The van der Waals surface area contributed by atoms with E-state index in [1.54, 1.807) is 0 Å². The molecule has 4 heteroatoms. The Labute approximate surface area is 98.8 Å². The van der Waals surface area contributed by atoms with E-state index < -0.39 is 0 Å². The number of nitrogens with one attached hydrogen (secondary N) is 2. The van der Waals surface area contributed by atoms with Crippen molar-refractivity contribution in [2.45, 2.75) is 39.2 Å². The first kappa shape index (κ1) is 13.5. The highest BCUT2D eigenvalue weighted by atomic mass is 16.1. The number of hydrogen-bond acceptors (Lipinski definition) is 3. The maximum Gasteiger partial charge on any atom is 0.221 e. The Morgan fingerprint density at radius 2 is 1.94 bits per heavy atom. The van der Waals surface area contributed by atoms with Gasteiger partial charge in [0.2, 0.25) is 5.91 Å². The average Bonchev–Trinajstić information content (AvgIpc) is 2.74. The zero-order valence-electron chi connectivity index (χ0n) is 10.6. The van der Waals surface area contributed by atoms with Crippen LogP contribution in [0, 0.1) is 0 Å². The van der Waals surface area contributed by atoms with E-state index in [0.29, 0.717) is 12.5 Å².